The van der Waals surface area contributed by atoms with Gasteiger partial charge in [-0.05, 0) is 59.4 Å². The quantitative estimate of drug-likeness (QED) is 0.772. The van der Waals surface area contributed by atoms with E-state index in [1.54, 1.807) is 0 Å². The zero-order valence-corrected chi connectivity index (χ0v) is 16.5. The normalized spacial score (nSPS) is 19.0. The van der Waals surface area contributed by atoms with E-state index >= 15 is 0 Å². The van der Waals surface area contributed by atoms with E-state index in [9.17, 15) is 9.59 Å². The molecule has 28 heavy (non-hydrogen) atoms. The lowest BCUT2D eigenvalue weighted by atomic mass is 9.71. The predicted octanol–water partition coefficient (Wildman–Crippen LogP) is 5.13. The van der Waals surface area contributed by atoms with E-state index in [4.69, 9.17) is 11.5 Å². The molecule has 2 saturated carbocycles. The fourth-order valence-corrected chi connectivity index (χ4v) is 5.64. The summed E-state index contributed by atoms with van der Waals surface area (Å²) < 4.78 is 0. The highest BCUT2D eigenvalue weighted by Gasteiger charge is 2.33. The molecule has 4 heteroatoms. The Morgan fingerprint density at radius 3 is 1.61 bits per heavy atom. The van der Waals surface area contributed by atoms with E-state index in [1.807, 2.05) is 18.2 Å². The van der Waals surface area contributed by atoms with Crippen molar-refractivity contribution in [3.8, 4) is 0 Å². The van der Waals surface area contributed by atoms with E-state index in [0.717, 1.165) is 54.9 Å². The molecular weight excluding hydrogens is 348 g/mol. The van der Waals surface area contributed by atoms with Crippen LogP contribution in [0, 0.1) is 0 Å². The summed E-state index contributed by atoms with van der Waals surface area (Å²) in [6.07, 6.45) is 11.6. The van der Waals surface area contributed by atoms with E-state index in [1.165, 1.54) is 31.2 Å². The third-order valence-corrected chi connectivity index (χ3v) is 6.82. The van der Waals surface area contributed by atoms with Gasteiger partial charge in [-0.25, -0.2) is 0 Å². The van der Waals surface area contributed by atoms with Crippen LogP contribution in [0.5, 0.6) is 0 Å². The number of carbonyl (C=O) groups is 2. The molecule has 0 atom stereocenters. The minimum atomic E-state index is -0.558. The van der Waals surface area contributed by atoms with Crippen LogP contribution >= 0.6 is 0 Å². The van der Waals surface area contributed by atoms with E-state index in [0.29, 0.717) is 17.0 Å². The number of nitrogens with two attached hydrogens (primary N) is 2. The maximum atomic E-state index is 12.7. The van der Waals surface area contributed by atoms with Gasteiger partial charge in [0.05, 0.1) is 11.1 Å². The van der Waals surface area contributed by atoms with E-state index < -0.39 is 11.8 Å². The molecule has 2 fully saturated rings. The number of rotatable bonds is 4. The van der Waals surface area contributed by atoms with Crippen molar-refractivity contribution >= 4 is 22.6 Å². The van der Waals surface area contributed by atoms with Gasteiger partial charge in [-0.1, -0.05) is 62.8 Å². The van der Waals surface area contributed by atoms with Gasteiger partial charge in [-0.15, -0.1) is 0 Å². The van der Waals surface area contributed by atoms with Crippen LogP contribution in [0.15, 0.2) is 24.3 Å². The van der Waals surface area contributed by atoms with Crippen molar-refractivity contribution in [2.75, 3.05) is 0 Å². The zero-order chi connectivity index (χ0) is 19.7. The van der Waals surface area contributed by atoms with Gasteiger partial charge in [0, 0.05) is 0 Å². The highest BCUT2D eigenvalue weighted by atomic mass is 16.2. The van der Waals surface area contributed by atoms with Gasteiger partial charge in [-0.3, -0.25) is 9.59 Å². The summed E-state index contributed by atoms with van der Waals surface area (Å²) in [5.74, 6) is -0.360. The first-order valence-corrected chi connectivity index (χ1v) is 10.8. The minimum absolute atomic E-state index is 0.288. The second-order valence-electron chi connectivity index (χ2n) is 8.52. The Morgan fingerprint density at radius 1 is 0.643 bits per heavy atom. The van der Waals surface area contributed by atoms with Crippen molar-refractivity contribution in [3.63, 3.8) is 0 Å². The second-order valence-corrected chi connectivity index (χ2v) is 8.52. The molecule has 4 N–H and O–H groups in total. The second kappa shape index (κ2) is 7.94. The lowest BCUT2D eigenvalue weighted by Gasteiger charge is -2.33. The van der Waals surface area contributed by atoms with Crippen LogP contribution in [0.3, 0.4) is 0 Å². The third-order valence-electron chi connectivity index (χ3n) is 6.82. The zero-order valence-electron chi connectivity index (χ0n) is 16.5. The Kier molecular flexibility index (Phi) is 5.38. The first kappa shape index (κ1) is 19.0. The number of amides is 2. The van der Waals surface area contributed by atoms with Crippen molar-refractivity contribution in [1.82, 2.24) is 0 Å². The molecule has 2 amide bonds. The van der Waals surface area contributed by atoms with Crippen LogP contribution in [0.25, 0.3) is 10.8 Å². The Labute approximate surface area is 166 Å². The van der Waals surface area contributed by atoms with Crippen molar-refractivity contribution in [3.05, 3.63) is 46.5 Å². The van der Waals surface area contributed by atoms with Crippen LogP contribution in [-0.4, -0.2) is 11.8 Å². The number of hydrogen-bond donors (Lipinski definition) is 2. The minimum Gasteiger partial charge on any atom is -0.366 e. The molecule has 0 bridgehead atoms. The summed E-state index contributed by atoms with van der Waals surface area (Å²) >= 11 is 0. The fraction of sp³-hybridized carbons (Fsp3) is 0.500. The van der Waals surface area contributed by atoms with Gasteiger partial charge in [0.25, 0.3) is 0 Å². The van der Waals surface area contributed by atoms with Gasteiger partial charge in [-0.2, -0.15) is 0 Å². The Hall–Kier alpha value is -2.36. The smallest absolute Gasteiger partial charge is 0.250 e. The summed E-state index contributed by atoms with van der Waals surface area (Å²) in [5, 5.41) is 1.87. The number of carbonyl (C=O) groups excluding carboxylic acids is 2. The highest BCUT2D eigenvalue weighted by Crippen LogP contribution is 2.46. The molecule has 0 spiro atoms. The highest BCUT2D eigenvalue weighted by molar-refractivity contribution is 6.16. The van der Waals surface area contributed by atoms with Crippen molar-refractivity contribution in [2.45, 2.75) is 76.0 Å². The molecule has 0 unspecified atom stereocenters. The van der Waals surface area contributed by atoms with Crippen LogP contribution in [0.4, 0.5) is 0 Å². The van der Waals surface area contributed by atoms with E-state index in [2.05, 4.69) is 6.07 Å². The predicted molar refractivity (Wildman–Crippen MR) is 113 cm³/mol. The third kappa shape index (κ3) is 3.30. The Morgan fingerprint density at radius 2 is 1.11 bits per heavy atom. The summed E-state index contributed by atoms with van der Waals surface area (Å²) in [6, 6.07) is 7.94. The first-order chi connectivity index (χ1) is 13.6. The average Bonchev–Trinajstić information content (AvgIpc) is 2.73. The molecule has 0 radical (unpaired) electrons. The molecule has 2 aromatic carbocycles. The average molecular weight is 379 g/mol. The molecule has 0 aromatic heterocycles. The summed E-state index contributed by atoms with van der Waals surface area (Å²) in [7, 11) is 0. The van der Waals surface area contributed by atoms with Crippen molar-refractivity contribution < 1.29 is 9.59 Å². The monoisotopic (exact) mass is 378 g/mol. The molecule has 2 aliphatic carbocycles. The standard InChI is InChI=1S/C24H30N2O2/c25-23(27)21-18-14-8-7-13-17(18)19(15-9-3-1-4-10-15)20(22(21)24(26)28)16-11-5-2-6-12-16/h7-8,13-16H,1-6,9-12H2,(H2,25,27)(H2,26,28). The number of fused-ring (bicyclic) bond motifs is 1. The van der Waals surface area contributed by atoms with Gasteiger partial charge in [0.1, 0.15) is 0 Å². The maximum Gasteiger partial charge on any atom is 0.250 e. The van der Waals surface area contributed by atoms with Crippen LogP contribution in [0.2, 0.25) is 0 Å². The summed E-state index contributed by atoms with van der Waals surface area (Å²) in [5.41, 5.74) is 14.8. The number of benzene rings is 2. The summed E-state index contributed by atoms with van der Waals surface area (Å²) in [6.45, 7) is 0. The SMILES string of the molecule is NC(=O)c1c(C2CCCCC2)c(C2CCCCC2)c2ccccc2c1C(N)=O. The molecule has 2 aromatic rings. The van der Waals surface area contributed by atoms with Crippen LogP contribution in [0.1, 0.15) is 108 Å². The molecule has 2 aliphatic rings. The van der Waals surface area contributed by atoms with Gasteiger partial charge >= 0.3 is 0 Å². The van der Waals surface area contributed by atoms with Crippen LogP contribution in [-0.2, 0) is 0 Å². The van der Waals surface area contributed by atoms with Crippen molar-refractivity contribution in [2.24, 2.45) is 11.5 Å². The lowest BCUT2D eigenvalue weighted by Crippen LogP contribution is -2.26. The van der Waals surface area contributed by atoms with Gasteiger partial charge in [0.15, 0.2) is 0 Å². The van der Waals surface area contributed by atoms with E-state index in [-0.39, 0.29) is 5.92 Å². The Balaban J connectivity index is 2.09. The number of primary amides is 2. The molecule has 0 heterocycles. The largest absolute Gasteiger partial charge is 0.366 e. The Bertz CT molecular complexity index is 906. The van der Waals surface area contributed by atoms with Gasteiger partial charge < -0.3 is 11.5 Å². The van der Waals surface area contributed by atoms with Gasteiger partial charge in [0.2, 0.25) is 11.8 Å². The molecule has 148 valence electrons. The first-order valence-electron chi connectivity index (χ1n) is 10.8. The molecule has 0 aliphatic heterocycles. The molecule has 4 rings (SSSR count). The topological polar surface area (TPSA) is 86.2 Å². The molecule has 0 saturated heterocycles. The fourth-order valence-electron chi connectivity index (χ4n) is 5.64. The van der Waals surface area contributed by atoms with Crippen LogP contribution < -0.4 is 11.5 Å². The number of hydrogen-bond acceptors (Lipinski definition) is 2. The molecular formula is C24H30N2O2. The van der Waals surface area contributed by atoms with Crippen molar-refractivity contribution in [1.29, 1.82) is 0 Å². The lowest BCUT2D eigenvalue weighted by molar-refractivity contribution is 0.0967. The molecule has 4 nitrogen and oxygen atoms in total. The summed E-state index contributed by atoms with van der Waals surface area (Å²) in [4.78, 5) is 25.2. The maximum absolute atomic E-state index is 12.7.